The molecule has 2 rings (SSSR count). The summed E-state index contributed by atoms with van der Waals surface area (Å²) in [5.74, 6) is -1.27. The summed E-state index contributed by atoms with van der Waals surface area (Å²) in [6, 6.07) is 1.31. The molecule has 0 aromatic carbocycles. The van der Waals surface area contributed by atoms with E-state index in [0.29, 0.717) is 0 Å². The van der Waals surface area contributed by atoms with Gasteiger partial charge in [0.25, 0.3) is 5.91 Å². The van der Waals surface area contributed by atoms with E-state index in [-0.39, 0.29) is 18.0 Å². The zero-order valence-electron chi connectivity index (χ0n) is 10.8. The average Bonchev–Trinajstić information content (AvgIpc) is 2.92. The van der Waals surface area contributed by atoms with Crippen LogP contribution in [0.4, 0.5) is 4.39 Å². The highest BCUT2D eigenvalue weighted by atomic mass is 19.1. The molecule has 19 heavy (non-hydrogen) atoms. The summed E-state index contributed by atoms with van der Waals surface area (Å²) in [7, 11) is 1.50. The molecule has 0 spiro atoms. The number of hydrogen-bond donors (Lipinski definition) is 0. The van der Waals surface area contributed by atoms with Gasteiger partial charge in [0.05, 0.1) is 18.3 Å². The first kappa shape index (κ1) is 13.5. The van der Waals surface area contributed by atoms with Crippen molar-refractivity contribution in [1.82, 2.24) is 14.8 Å². The normalized spacial score (nSPS) is 14.5. The van der Waals surface area contributed by atoms with E-state index in [4.69, 9.17) is 0 Å². The second-order valence-electron chi connectivity index (χ2n) is 4.60. The molecule has 1 aliphatic heterocycles. The lowest BCUT2D eigenvalue weighted by molar-refractivity contribution is -0.130. The molecule has 2 amide bonds. The number of carbonyl (C=O) groups excluding carboxylic acids is 2. The third-order valence-corrected chi connectivity index (χ3v) is 3.18. The van der Waals surface area contributed by atoms with Crippen LogP contribution in [0.5, 0.6) is 0 Å². The van der Waals surface area contributed by atoms with Crippen molar-refractivity contribution in [3.05, 3.63) is 29.8 Å². The second kappa shape index (κ2) is 5.77. The Hall–Kier alpha value is -1.98. The summed E-state index contributed by atoms with van der Waals surface area (Å²) in [5, 5.41) is 0. The Morgan fingerprint density at radius 3 is 2.74 bits per heavy atom. The standard InChI is InChI=1S/C13H16FN3O2/c1-16(9-12(18)17-6-2-3-7-17)13(19)10-4-5-15-8-11(10)14/h4-5,8H,2-3,6-7,9H2,1H3. The van der Waals surface area contributed by atoms with Crippen LogP contribution in [0.2, 0.25) is 0 Å². The Morgan fingerprint density at radius 1 is 1.42 bits per heavy atom. The van der Waals surface area contributed by atoms with Gasteiger partial charge in [-0.2, -0.15) is 0 Å². The van der Waals surface area contributed by atoms with Gasteiger partial charge in [0.2, 0.25) is 5.91 Å². The van der Waals surface area contributed by atoms with Gasteiger partial charge in [0.15, 0.2) is 5.82 Å². The van der Waals surface area contributed by atoms with Gasteiger partial charge in [0.1, 0.15) is 0 Å². The quantitative estimate of drug-likeness (QED) is 0.816. The van der Waals surface area contributed by atoms with E-state index >= 15 is 0 Å². The lowest BCUT2D eigenvalue weighted by atomic mass is 10.2. The van der Waals surface area contributed by atoms with Crippen molar-refractivity contribution in [2.24, 2.45) is 0 Å². The van der Waals surface area contributed by atoms with Crippen molar-refractivity contribution >= 4 is 11.8 Å². The van der Waals surface area contributed by atoms with Gasteiger partial charge >= 0.3 is 0 Å². The number of pyridine rings is 1. The van der Waals surface area contributed by atoms with Crippen LogP contribution >= 0.6 is 0 Å². The number of amides is 2. The number of hydrogen-bond acceptors (Lipinski definition) is 3. The minimum atomic E-state index is -0.673. The molecule has 5 nitrogen and oxygen atoms in total. The van der Waals surface area contributed by atoms with Crippen molar-refractivity contribution in [1.29, 1.82) is 0 Å². The molecule has 1 aromatic heterocycles. The van der Waals surface area contributed by atoms with E-state index in [9.17, 15) is 14.0 Å². The molecular weight excluding hydrogens is 249 g/mol. The summed E-state index contributed by atoms with van der Waals surface area (Å²) >= 11 is 0. The van der Waals surface area contributed by atoms with Gasteiger partial charge in [-0.1, -0.05) is 0 Å². The molecule has 0 radical (unpaired) electrons. The van der Waals surface area contributed by atoms with Crippen LogP contribution < -0.4 is 0 Å². The maximum Gasteiger partial charge on any atom is 0.257 e. The molecule has 1 aromatic rings. The van der Waals surface area contributed by atoms with Crippen LogP contribution in [0.1, 0.15) is 23.2 Å². The minimum absolute atomic E-state index is 0.0272. The summed E-state index contributed by atoms with van der Waals surface area (Å²) in [5.41, 5.74) is -0.0632. The van der Waals surface area contributed by atoms with Crippen LogP contribution in [0.15, 0.2) is 18.5 Å². The van der Waals surface area contributed by atoms with Gasteiger partial charge in [0, 0.05) is 26.3 Å². The molecule has 6 heteroatoms. The van der Waals surface area contributed by atoms with Crippen molar-refractivity contribution in [2.45, 2.75) is 12.8 Å². The van der Waals surface area contributed by atoms with Crippen molar-refractivity contribution in [2.75, 3.05) is 26.7 Å². The molecule has 0 atom stereocenters. The molecule has 102 valence electrons. The number of aromatic nitrogens is 1. The maximum absolute atomic E-state index is 13.4. The monoisotopic (exact) mass is 265 g/mol. The number of carbonyl (C=O) groups is 2. The van der Waals surface area contributed by atoms with Gasteiger partial charge in [-0.05, 0) is 18.9 Å². The topological polar surface area (TPSA) is 53.5 Å². The zero-order valence-corrected chi connectivity index (χ0v) is 10.8. The first-order chi connectivity index (χ1) is 9.09. The fourth-order valence-corrected chi connectivity index (χ4v) is 2.10. The Balaban J connectivity index is 1.99. The number of rotatable bonds is 3. The number of likely N-dealkylation sites (N-methyl/N-ethyl adjacent to an activating group) is 1. The minimum Gasteiger partial charge on any atom is -0.341 e. The molecule has 1 aliphatic rings. The summed E-state index contributed by atoms with van der Waals surface area (Å²) in [6.45, 7) is 1.45. The van der Waals surface area contributed by atoms with Crippen molar-refractivity contribution < 1.29 is 14.0 Å². The van der Waals surface area contributed by atoms with E-state index in [1.165, 1.54) is 24.2 Å². The van der Waals surface area contributed by atoms with E-state index in [1.54, 1.807) is 4.90 Å². The SMILES string of the molecule is CN(CC(=O)N1CCCC1)C(=O)c1ccncc1F. The second-order valence-corrected chi connectivity index (χ2v) is 4.60. The first-order valence-corrected chi connectivity index (χ1v) is 6.22. The third kappa shape index (κ3) is 3.07. The van der Waals surface area contributed by atoms with Crippen LogP contribution in [0.25, 0.3) is 0 Å². The predicted octanol–water partition coefficient (Wildman–Crippen LogP) is 0.915. The van der Waals surface area contributed by atoms with E-state index in [2.05, 4.69) is 4.98 Å². The highest BCUT2D eigenvalue weighted by molar-refractivity contribution is 5.96. The summed E-state index contributed by atoms with van der Waals surface area (Å²) < 4.78 is 13.4. The largest absolute Gasteiger partial charge is 0.341 e. The fraction of sp³-hybridized carbons (Fsp3) is 0.462. The maximum atomic E-state index is 13.4. The fourth-order valence-electron chi connectivity index (χ4n) is 2.10. The van der Waals surface area contributed by atoms with E-state index in [0.717, 1.165) is 32.1 Å². The van der Waals surface area contributed by atoms with Crippen LogP contribution in [0, 0.1) is 5.82 Å². The average molecular weight is 265 g/mol. The molecule has 0 bridgehead atoms. The van der Waals surface area contributed by atoms with Crippen LogP contribution in [-0.4, -0.2) is 53.3 Å². The van der Waals surface area contributed by atoms with Crippen LogP contribution in [-0.2, 0) is 4.79 Å². The lowest BCUT2D eigenvalue weighted by Gasteiger charge is -2.21. The molecule has 0 N–H and O–H groups in total. The Bertz CT molecular complexity index is 487. The molecular formula is C13H16FN3O2. The Kier molecular flexibility index (Phi) is 4.09. The van der Waals surface area contributed by atoms with Crippen LogP contribution in [0.3, 0.4) is 0 Å². The molecule has 0 saturated carbocycles. The lowest BCUT2D eigenvalue weighted by Crippen LogP contribution is -2.40. The zero-order chi connectivity index (χ0) is 13.8. The predicted molar refractivity (Wildman–Crippen MR) is 67.0 cm³/mol. The van der Waals surface area contributed by atoms with Gasteiger partial charge in [-0.15, -0.1) is 0 Å². The Labute approximate surface area is 111 Å². The number of nitrogens with zero attached hydrogens (tertiary/aromatic N) is 3. The van der Waals surface area contributed by atoms with Crippen molar-refractivity contribution in [3.63, 3.8) is 0 Å². The molecule has 1 fully saturated rings. The third-order valence-electron chi connectivity index (χ3n) is 3.18. The van der Waals surface area contributed by atoms with Gasteiger partial charge in [-0.3, -0.25) is 14.6 Å². The highest BCUT2D eigenvalue weighted by Crippen LogP contribution is 2.10. The molecule has 0 unspecified atom stereocenters. The van der Waals surface area contributed by atoms with E-state index in [1.807, 2.05) is 0 Å². The molecule has 1 saturated heterocycles. The van der Waals surface area contributed by atoms with Gasteiger partial charge in [-0.25, -0.2) is 4.39 Å². The molecule has 2 heterocycles. The van der Waals surface area contributed by atoms with E-state index < -0.39 is 11.7 Å². The Morgan fingerprint density at radius 2 is 2.11 bits per heavy atom. The smallest absolute Gasteiger partial charge is 0.257 e. The highest BCUT2D eigenvalue weighted by Gasteiger charge is 2.22. The first-order valence-electron chi connectivity index (χ1n) is 6.22. The van der Waals surface area contributed by atoms with Gasteiger partial charge < -0.3 is 9.80 Å². The number of halogens is 1. The summed E-state index contributed by atoms with van der Waals surface area (Å²) in [4.78, 5) is 30.5. The van der Waals surface area contributed by atoms with Crippen molar-refractivity contribution in [3.8, 4) is 0 Å². The summed E-state index contributed by atoms with van der Waals surface area (Å²) in [6.07, 6.45) is 4.35. The number of likely N-dealkylation sites (tertiary alicyclic amines) is 1. The molecule has 0 aliphatic carbocycles.